The van der Waals surface area contributed by atoms with E-state index in [0.29, 0.717) is 34.3 Å². The van der Waals surface area contributed by atoms with Crippen LogP contribution in [0.5, 0.6) is 0 Å². The lowest BCUT2D eigenvalue weighted by molar-refractivity contribution is 0.0825. The number of nitrogens with zero attached hydrogens (tertiary/aromatic N) is 5. The van der Waals surface area contributed by atoms with Crippen molar-refractivity contribution >= 4 is 22.6 Å². The highest BCUT2D eigenvalue weighted by atomic mass is 16.2. The van der Waals surface area contributed by atoms with E-state index in [-0.39, 0.29) is 11.5 Å². The van der Waals surface area contributed by atoms with Crippen LogP contribution in [-0.2, 0) is 6.54 Å². The zero-order valence-electron chi connectivity index (χ0n) is 14.1. The second-order valence-corrected chi connectivity index (χ2v) is 5.63. The summed E-state index contributed by atoms with van der Waals surface area (Å²) in [4.78, 5) is 35.7. The van der Waals surface area contributed by atoms with Gasteiger partial charge in [-0.25, -0.2) is 4.98 Å². The Morgan fingerprint density at radius 2 is 2.08 bits per heavy atom. The Morgan fingerprint density at radius 1 is 1.33 bits per heavy atom. The van der Waals surface area contributed by atoms with Gasteiger partial charge in [-0.15, -0.1) is 0 Å². The Kier molecular flexibility index (Phi) is 3.92. The number of amides is 1. The predicted molar refractivity (Wildman–Crippen MR) is 92.1 cm³/mol. The van der Waals surface area contributed by atoms with Gasteiger partial charge in [0.1, 0.15) is 16.8 Å². The van der Waals surface area contributed by atoms with Crippen molar-refractivity contribution in [2.75, 3.05) is 21.1 Å². The second kappa shape index (κ2) is 5.92. The average Bonchev–Trinajstić information content (AvgIpc) is 2.59. The number of aryl methyl sites for hydroxylation is 1. The molecule has 0 bridgehead atoms. The molecule has 0 aliphatic carbocycles. The van der Waals surface area contributed by atoms with Crippen LogP contribution in [0.4, 0.5) is 0 Å². The van der Waals surface area contributed by atoms with E-state index in [1.807, 2.05) is 13.0 Å². The fourth-order valence-electron chi connectivity index (χ4n) is 2.82. The van der Waals surface area contributed by atoms with Crippen LogP contribution in [0.2, 0.25) is 0 Å². The topological polar surface area (TPSA) is 72.0 Å². The van der Waals surface area contributed by atoms with Crippen molar-refractivity contribution in [3.63, 3.8) is 0 Å². The smallest absolute Gasteiger partial charge is 0.267 e. The summed E-state index contributed by atoms with van der Waals surface area (Å²) in [6.07, 6.45) is 1.67. The maximum absolute atomic E-state index is 12.9. The highest BCUT2D eigenvalue weighted by Crippen LogP contribution is 2.11. The van der Waals surface area contributed by atoms with Crippen LogP contribution in [0.1, 0.15) is 17.3 Å². The van der Waals surface area contributed by atoms with Crippen LogP contribution >= 0.6 is 0 Å². The Balaban J connectivity index is 2.57. The minimum atomic E-state index is -0.201. The third-order valence-electron chi connectivity index (χ3n) is 3.95. The second-order valence-electron chi connectivity index (χ2n) is 5.63. The van der Waals surface area contributed by atoms with Gasteiger partial charge in [0, 0.05) is 33.9 Å². The fourth-order valence-corrected chi connectivity index (χ4v) is 2.82. The summed E-state index contributed by atoms with van der Waals surface area (Å²) in [5.41, 5.74) is 1.81. The molecule has 3 rings (SSSR count). The first-order valence-electron chi connectivity index (χ1n) is 7.69. The van der Waals surface area contributed by atoms with Gasteiger partial charge in [0.2, 0.25) is 0 Å². The van der Waals surface area contributed by atoms with Crippen LogP contribution < -0.4 is 11.0 Å². The molecule has 0 saturated heterocycles. The van der Waals surface area contributed by atoms with E-state index in [2.05, 4.69) is 9.98 Å². The quantitative estimate of drug-likeness (QED) is 0.657. The Labute approximate surface area is 138 Å². The lowest BCUT2D eigenvalue weighted by Crippen LogP contribution is -2.34. The van der Waals surface area contributed by atoms with Gasteiger partial charge in [0.25, 0.3) is 11.5 Å². The molecular formula is C17H19N5O2. The van der Waals surface area contributed by atoms with Gasteiger partial charge in [-0.05, 0) is 25.1 Å². The lowest BCUT2D eigenvalue weighted by atomic mass is 10.2. The molecule has 0 saturated carbocycles. The largest absolute Gasteiger partial charge is 0.345 e. The number of rotatable bonds is 2. The van der Waals surface area contributed by atoms with E-state index in [1.54, 1.807) is 50.1 Å². The lowest BCUT2D eigenvalue weighted by Gasteiger charge is -2.16. The molecular weight excluding hydrogens is 306 g/mol. The predicted octanol–water partition coefficient (Wildman–Crippen LogP) is 0.901. The molecule has 0 aliphatic rings. The van der Waals surface area contributed by atoms with Crippen LogP contribution in [-0.4, -0.2) is 45.9 Å². The summed E-state index contributed by atoms with van der Waals surface area (Å²) in [7, 11) is 4.98. The molecule has 124 valence electrons. The SMILES string of the molecule is CCn1c(=NC)c(C(=O)N(C)C)cc2c(=O)n3ccccc3nc21. The minimum absolute atomic E-state index is 0.197. The molecule has 7 heteroatoms. The molecule has 3 aromatic heterocycles. The molecule has 24 heavy (non-hydrogen) atoms. The molecule has 0 aromatic carbocycles. The third kappa shape index (κ3) is 2.29. The van der Waals surface area contributed by atoms with Crippen molar-refractivity contribution in [1.29, 1.82) is 0 Å². The van der Waals surface area contributed by atoms with Crippen molar-refractivity contribution in [2.24, 2.45) is 4.99 Å². The maximum Gasteiger partial charge on any atom is 0.267 e. The average molecular weight is 325 g/mol. The highest BCUT2D eigenvalue weighted by Gasteiger charge is 2.18. The molecule has 0 atom stereocenters. The van der Waals surface area contributed by atoms with Gasteiger partial charge < -0.3 is 9.47 Å². The van der Waals surface area contributed by atoms with Crippen molar-refractivity contribution in [3.05, 3.63) is 51.9 Å². The van der Waals surface area contributed by atoms with Crippen LogP contribution in [0.3, 0.4) is 0 Å². The molecule has 0 N–H and O–H groups in total. The van der Waals surface area contributed by atoms with Gasteiger partial charge in [-0.3, -0.25) is 19.0 Å². The number of carbonyl (C=O) groups is 1. The minimum Gasteiger partial charge on any atom is -0.345 e. The van der Waals surface area contributed by atoms with E-state index in [9.17, 15) is 9.59 Å². The summed E-state index contributed by atoms with van der Waals surface area (Å²) in [6, 6.07) is 6.99. The van der Waals surface area contributed by atoms with Gasteiger partial charge in [0.15, 0.2) is 0 Å². The first kappa shape index (κ1) is 15.9. The number of hydrogen-bond acceptors (Lipinski definition) is 4. The van der Waals surface area contributed by atoms with Crippen molar-refractivity contribution < 1.29 is 4.79 Å². The Hall–Kier alpha value is -2.96. The summed E-state index contributed by atoms with van der Waals surface area (Å²) < 4.78 is 3.29. The number of aromatic nitrogens is 3. The number of carbonyl (C=O) groups excluding carboxylic acids is 1. The van der Waals surface area contributed by atoms with E-state index in [0.717, 1.165) is 0 Å². The molecule has 0 radical (unpaired) electrons. The van der Waals surface area contributed by atoms with E-state index in [4.69, 9.17) is 0 Å². The zero-order chi connectivity index (χ0) is 17.4. The van der Waals surface area contributed by atoms with E-state index in [1.165, 1.54) is 9.30 Å². The first-order valence-corrected chi connectivity index (χ1v) is 7.69. The van der Waals surface area contributed by atoms with Crippen LogP contribution in [0.15, 0.2) is 40.2 Å². The molecule has 0 spiro atoms. The van der Waals surface area contributed by atoms with Gasteiger partial charge in [0.05, 0.1) is 10.9 Å². The highest BCUT2D eigenvalue weighted by molar-refractivity contribution is 5.96. The third-order valence-corrected chi connectivity index (χ3v) is 3.95. The number of fused-ring (bicyclic) bond motifs is 2. The monoisotopic (exact) mass is 325 g/mol. The summed E-state index contributed by atoms with van der Waals surface area (Å²) in [6.45, 7) is 2.49. The van der Waals surface area contributed by atoms with Crippen molar-refractivity contribution in [1.82, 2.24) is 18.9 Å². The first-order chi connectivity index (χ1) is 11.5. The molecule has 3 aromatic rings. The van der Waals surface area contributed by atoms with Crippen LogP contribution in [0.25, 0.3) is 16.7 Å². The zero-order valence-corrected chi connectivity index (χ0v) is 14.1. The Morgan fingerprint density at radius 3 is 2.71 bits per heavy atom. The summed E-state index contributed by atoms with van der Waals surface area (Å²) in [5, 5.41) is 0.401. The van der Waals surface area contributed by atoms with Gasteiger partial charge in [-0.1, -0.05) is 6.07 Å². The van der Waals surface area contributed by atoms with Gasteiger partial charge in [-0.2, -0.15) is 0 Å². The van der Waals surface area contributed by atoms with Crippen molar-refractivity contribution in [2.45, 2.75) is 13.5 Å². The van der Waals surface area contributed by atoms with E-state index < -0.39 is 0 Å². The standard InChI is InChI=1S/C17H19N5O2/c1-5-21-14(18-2)11(16(23)20(3)4)10-12-15(21)19-13-8-6-7-9-22(13)17(12)24/h6-10H,5H2,1-4H3. The molecule has 0 aliphatic heterocycles. The van der Waals surface area contributed by atoms with E-state index >= 15 is 0 Å². The molecule has 0 unspecified atom stereocenters. The summed E-state index contributed by atoms with van der Waals surface area (Å²) >= 11 is 0. The maximum atomic E-state index is 12.9. The van der Waals surface area contributed by atoms with Crippen molar-refractivity contribution in [3.8, 4) is 0 Å². The van der Waals surface area contributed by atoms with Gasteiger partial charge >= 0.3 is 0 Å². The molecule has 7 nitrogen and oxygen atoms in total. The summed E-state index contributed by atoms with van der Waals surface area (Å²) in [5.74, 6) is -0.197. The van der Waals surface area contributed by atoms with Crippen LogP contribution in [0, 0.1) is 0 Å². The normalized spacial score (nSPS) is 12.1. The molecule has 0 fully saturated rings. The fraction of sp³-hybridized carbons (Fsp3) is 0.294. The molecule has 1 amide bonds. The number of pyridine rings is 2. The Bertz CT molecular complexity index is 1080. The number of hydrogen-bond donors (Lipinski definition) is 0. The molecule has 3 heterocycles.